The molecule has 0 aliphatic carbocycles. The van der Waals surface area contributed by atoms with Gasteiger partial charge in [-0.05, 0) is 12.1 Å². The average Bonchev–Trinajstić information content (AvgIpc) is 2.61. The molecule has 0 fully saturated rings. The first-order chi connectivity index (χ1) is 6.83. The number of alkyl halides is 1. The van der Waals surface area contributed by atoms with Gasteiger partial charge in [0.25, 0.3) is 0 Å². The minimum atomic E-state index is 0.621. The van der Waals surface area contributed by atoms with Crippen molar-refractivity contribution >= 4 is 28.3 Å². The van der Waals surface area contributed by atoms with Crippen molar-refractivity contribution in [1.29, 1.82) is 0 Å². The predicted octanol–water partition coefficient (Wildman–Crippen LogP) is 3.11. The normalized spacial score (nSPS) is 10.7. The fourth-order valence-electron chi connectivity index (χ4n) is 1.51. The molecule has 74 valence electrons. The van der Waals surface area contributed by atoms with Gasteiger partial charge in [-0.2, -0.15) is 0 Å². The van der Waals surface area contributed by atoms with Gasteiger partial charge in [0.2, 0.25) is 0 Å². The summed E-state index contributed by atoms with van der Waals surface area (Å²) in [6.45, 7) is 0.824. The average molecular weight is 210 g/mol. The highest BCUT2D eigenvalue weighted by Crippen LogP contribution is 2.27. The number of halogens is 1. The molecule has 0 bridgehead atoms. The van der Waals surface area contributed by atoms with Crippen molar-refractivity contribution in [3.05, 3.63) is 30.5 Å². The number of fused-ring (bicyclic) bond motifs is 1. The molecule has 14 heavy (non-hydrogen) atoms. The van der Waals surface area contributed by atoms with E-state index in [-0.39, 0.29) is 0 Å². The first kappa shape index (κ1) is 9.41. The van der Waals surface area contributed by atoms with Crippen molar-refractivity contribution in [2.45, 2.75) is 0 Å². The van der Waals surface area contributed by atoms with Crippen LogP contribution in [0.25, 0.3) is 11.0 Å². The van der Waals surface area contributed by atoms with Gasteiger partial charge in [0, 0.05) is 24.9 Å². The number of hydrogen-bond donors (Lipinski definition) is 0. The van der Waals surface area contributed by atoms with Gasteiger partial charge >= 0.3 is 0 Å². The van der Waals surface area contributed by atoms with E-state index in [1.54, 1.807) is 6.26 Å². The van der Waals surface area contributed by atoms with Crippen LogP contribution in [0.1, 0.15) is 0 Å². The van der Waals surface area contributed by atoms with Crippen LogP contribution in [-0.2, 0) is 0 Å². The number of nitrogens with zero attached hydrogens (tertiary/aromatic N) is 1. The maximum Gasteiger partial charge on any atom is 0.136 e. The third-order valence-electron chi connectivity index (χ3n) is 2.29. The van der Waals surface area contributed by atoms with E-state index in [1.165, 1.54) is 0 Å². The predicted molar refractivity (Wildman–Crippen MR) is 60.2 cm³/mol. The van der Waals surface area contributed by atoms with E-state index < -0.39 is 0 Å². The minimum absolute atomic E-state index is 0.621. The summed E-state index contributed by atoms with van der Waals surface area (Å²) in [5.41, 5.74) is 2.02. The van der Waals surface area contributed by atoms with Gasteiger partial charge in [-0.25, -0.2) is 0 Å². The number of furan rings is 1. The minimum Gasteiger partial charge on any atom is -0.462 e. The fourth-order valence-corrected chi connectivity index (χ4v) is 1.76. The third kappa shape index (κ3) is 1.58. The van der Waals surface area contributed by atoms with Gasteiger partial charge in [-0.15, -0.1) is 11.6 Å². The molecule has 0 unspecified atom stereocenters. The lowest BCUT2D eigenvalue weighted by Crippen LogP contribution is -2.18. The lowest BCUT2D eigenvalue weighted by Gasteiger charge is -2.15. The first-order valence-electron chi connectivity index (χ1n) is 4.56. The number of anilines is 1. The van der Waals surface area contributed by atoms with E-state index in [0.29, 0.717) is 5.88 Å². The molecule has 0 aliphatic heterocycles. The Bertz CT molecular complexity index is 424. The number of rotatable bonds is 3. The lowest BCUT2D eigenvalue weighted by molar-refractivity contribution is 0.615. The summed E-state index contributed by atoms with van der Waals surface area (Å²) < 4.78 is 5.43. The van der Waals surface area contributed by atoms with Crippen LogP contribution in [0.3, 0.4) is 0 Å². The molecule has 3 heteroatoms. The van der Waals surface area contributed by atoms with E-state index >= 15 is 0 Å². The highest BCUT2D eigenvalue weighted by Gasteiger charge is 2.08. The SMILES string of the molecule is CN(CCCl)c1coc2ccccc12. The largest absolute Gasteiger partial charge is 0.462 e. The van der Waals surface area contributed by atoms with Gasteiger partial charge < -0.3 is 9.32 Å². The van der Waals surface area contributed by atoms with Crippen molar-refractivity contribution in [2.75, 3.05) is 24.4 Å². The van der Waals surface area contributed by atoms with Crippen LogP contribution in [0.5, 0.6) is 0 Å². The second-order valence-corrected chi connectivity index (χ2v) is 3.61. The van der Waals surface area contributed by atoms with E-state index in [4.69, 9.17) is 16.0 Å². The van der Waals surface area contributed by atoms with E-state index in [9.17, 15) is 0 Å². The Morgan fingerprint density at radius 3 is 2.93 bits per heavy atom. The van der Waals surface area contributed by atoms with Gasteiger partial charge in [0.15, 0.2) is 0 Å². The van der Waals surface area contributed by atoms with E-state index in [0.717, 1.165) is 23.2 Å². The maximum absolute atomic E-state index is 5.69. The Hall–Kier alpha value is -1.15. The Balaban J connectivity index is 2.42. The number of benzene rings is 1. The monoisotopic (exact) mass is 209 g/mol. The van der Waals surface area contributed by atoms with E-state index in [2.05, 4.69) is 11.0 Å². The molecule has 0 amide bonds. The van der Waals surface area contributed by atoms with Crippen molar-refractivity contribution in [3.8, 4) is 0 Å². The van der Waals surface area contributed by atoms with Crippen molar-refractivity contribution in [3.63, 3.8) is 0 Å². The Morgan fingerprint density at radius 1 is 1.36 bits per heavy atom. The van der Waals surface area contributed by atoms with Gasteiger partial charge in [0.05, 0.1) is 5.69 Å². The zero-order chi connectivity index (χ0) is 9.97. The lowest BCUT2D eigenvalue weighted by atomic mass is 10.2. The van der Waals surface area contributed by atoms with Gasteiger partial charge in [0.1, 0.15) is 11.8 Å². The molecule has 0 N–H and O–H groups in total. The first-order valence-corrected chi connectivity index (χ1v) is 5.09. The molecular weight excluding hydrogens is 198 g/mol. The molecule has 2 rings (SSSR count). The zero-order valence-corrected chi connectivity index (χ0v) is 8.79. The summed E-state index contributed by atoms with van der Waals surface area (Å²) in [4.78, 5) is 2.10. The van der Waals surface area contributed by atoms with Crippen molar-refractivity contribution in [1.82, 2.24) is 0 Å². The summed E-state index contributed by atoms with van der Waals surface area (Å²) >= 11 is 5.69. The van der Waals surface area contributed by atoms with Crippen LogP contribution in [0.2, 0.25) is 0 Å². The Labute approximate surface area is 88.1 Å². The van der Waals surface area contributed by atoms with Crippen LogP contribution >= 0.6 is 11.6 Å². The third-order valence-corrected chi connectivity index (χ3v) is 2.46. The molecule has 1 heterocycles. The summed E-state index contributed by atoms with van der Waals surface area (Å²) in [7, 11) is 2.01. The molecule has 0 saturated heterocycles. The molecule has 1 aromatic carbocycles. The zero-order valence-electron chi connectivity index (χ0n) is 8.03. The highest BCUT2D eigenvalue weighted by atomic mass is 35.5. The molecule has 0 atom stereocenters. The second kappa shape index (κ2) is 3.93. The summed E-state index contributed by atoms with van der Waals surface area (Å²) in [5.74, 6) is 0.621. The van der Waals surface area contributed by atoms with Crippen LogP contribution in [0.4, 0.5) is 5.69 Å². The standard InChI is InChI=1S/C11H12ClNO/c1-13(7-6-12)10-8-14-11-5-3-2-4-9(10)11/h2-5,8H,6-7H2,1H3. The molecular formula is C11H12ClNO. The van der Waals surface area contributed by atoms with Crippen LogP contribution < -0.4 is 4.90 Å². The Morgan fingerprint density at radius 2 is 2.14 bits per heavy atom. The van der Waals surface area contributed by atoms with Crippen molar-refractivity contribution in [2.24, 2.45) is 0 Å². The molecule has 2 nitrogen and oxygen atoms in total. The second-order valence-electron chi connectivity index (χ2n) is 3.23. The number of para-hydroxylation sites is 1. The van der Waals surface area contributed by atoms with Crippen LogP contribution in [-0.4, -0.2) is 19.5 Å². The summed E-state index contributed by atoms with van der Waals surface area (Å²) in [6, 6.07) is 8.00. The molecule has 2 aromatic rings. The van der Waals surface area contributed by atoms with Gasteiger partial charge in [-0.3, -0.25) is 0 Å². The highest BCUT2D eigenvalue weighted by molar-refractivity contribution is 6.18. The molecule has 0 saturated carbocycles. The quantitative estimate of drug-likeness (QED) is 0.723. The van der Waals surface area contributed by atoms with Crippen molar-refractivity contribution < 1.29 is 4.42 Å². The smallest absolute Gasteiger partial charge is 0.136 e. The molecule has 0 aliphatic rings. The van der Waals surface area contributed by atoms with Crippen LogP contribution in [0, 0.1) is 0 Å². The fraction of sp³-hybridized carbons (Fsp3) is 0.273. The van der Waals surface area contributed by atoms with Gasteiger partial charge in [-0.1, -0.05) is 12.1 Å². The van der Waals surface area contributed by atoms with Crippen LogP contribution in [0.15, 0.2) is 34.9 Å². The molecule has 0 spiro atoms. The molecule has 0 radical (unpaired) electrons. The molecule has 1 aromatic heterocycles. The maximum atomic E-state index is 5.69. The topological polar surface area (TPSA) is 16.4 Å². The number of hydrogen-bond acceptors (Lipinski definition) is 2. The summed E-state index contributed by atoms with van der Waals surface area (Å²) in [5, 5.41) is 1.14. The van der Waals surface area contributed by atoms with E-state index in [1.807, 2.05) is 25.2 Å². The Kier molecular flexibility index (Phi) is 2.64. The summed E-state index contributed by atoms with van der Waals surface area (Å²) in [6.07, 6.45) is 1.78.